The number of pyridine rings is 1. The average molecular weight is 283 g/mol. The first-order valence-corrected chi connectivity index (χ1v) is 7.20. The molecule has 0 spiro atoms. The van der Waals surface area contributed by atoms with Gasteiger partial charge < -0.3 is 10.6 Å². The van der Waals surface area contributed by atoms with E-state index in [1.807, 2.05) is 12.3 Å². The Morgan fingerprint density at radius 1 is 1.30 bits per heavy atom. The molecule has 20 heavy (non-hydrogen) atoms. The summed E-state index contributed by atoms with van der Waals surface area (Å²) in [7, 11) is 0. The van der Waals surface area contributed by atoms with E-state index in [0.29, 0.717) is 11.0 Å². The van der Waals surface area contributed by atoms with Crippen LogP contribution in [0.1, 0.15) is 24.5 Å². The molecule has 1 aromatic carbocycles. The fourth-order valence-corrected chi connectivity index (χ4v) is 3.01. The zero-order valence-electron chi connectivity index (χ0n) is 11.4. The van der Waals surface area contributed by atoms with Crippen LogP contribution in [0.5, 0.6) is 0 Å². The lowest BCUT2D eigenvalue weighted by molar-refractivity contribution is 0.617. The monoisotopic (exact) mass is 283 g/mol. The number of nitrogens with zero attached hydrogens (tertiary/aromatic N) is 2. The standard InChI is InChI=1S/C16H17N3S/c1-11-6-7-12-4-2-3-5-14(12)19(11)15-10-18-9-8-13(15)16(17)20/h2-5,8-11H,6-7H2,1H3,(H2,17,20). The normalized spacial score (nSPS) is 17.6. The molecule has 0 aliphatic carbocycles. The van der Waals surface area contributed by atoms with Crippen molar-refractivity contribution in [3.8, 4) is 0 Å². The predicted octanol–water partition coefficient (Wildman–Crippen LogP) is 3.19. The van der Waals surface area contributed by atoms with Gasteiger partial charge >= 0.3 is 0 Å². The highest BCUT2D eigenvalue weighted by Gasteiger charge is 2.26. The van der Waals surface area contributed by atoms with Gasteiger partial charge in [0.2, 0.25) is 0 Å². The summed E-state index contributed by atoms with van der Waals surface area (Å²) in [5.74, 6) is 0. The number of fused-ring (bicyclic) bond motifs is 1. The molecule has 0 saturated heterocycles. The van der Waals surface area contributed by atoms with Gasteiger partial charge in [0.1, 0.15) is 4.99 Å². The van der Waals surface area contributed by atoms with Crippen LogP contribution >= 0.6 is 12.2 Å². The van der Waals surface area contributed by atoms with Gasteiger partial charge in [0.25, 0.3) is 0 Å². The molecular formula is C16H17N3S. The maximum absolute atomic E-state index is 5.86. The molecule has 3 rings (SSSR count). The maximum atomic E-state index is 5.86. The molecule has 0 amide bonds. The van der Waals surface area contributed by atoms with E-state index in [2.05, 4.69) is 41.1 Å². The summed E-state index contributed by atoms with van der Waals surface area (Å²) in [5, 5.41) is 0. The van der Waals surface area contributed by atoms with E-state index in [4.69, 9.17) is 18.0 Å². The number of hydrogen-bond donors (Lipinski definition) is 1. The van der Waals surface area contributed by atoms with Gasteiger partial charge in [-0.15, -0.1) is 0 Å². The number of aryl methyl sites for hydroxylation is 1. The maximum Gasteiger partial charge on any atom is 0.106 e. The number of hydrogen-bond acceptors (Lipinski definition) is 3. The van der Waals surface area contributed by atoms with E-state index >= 15 is 0 Å². The molecule has 1 unspecified atom stereocenters. The van der Waals surface area contributed by atoms with Gasteiger partial charge in [-0.25, -0.2) is 0 Å². The van der Waals surface area contributed by atoms with Gasteiger partial charge in [-0.1, -0.05) is 30.4 Å². The second kappa shape index (κ2) is 5.21. The smallest absolute Gasteiger partial charge is 0.106 e. The Kier molecular flexibility index (Phi) is 3.40. The number of benzene rings is 1. The molecule has 0 bridgehead atoms. The first-order valence-electron chi connectivity index (χ1n) is 6.79. The third kappa shape index (κ3) is 2.16. The number of rotatable bonds is 2. The largest absolute Gasteiger partial charge is 0.389 e. The second-order valence-corrected chi connectivity index (χ2v) is 5.58. The molecule has 2 heterocycles. The lowest BCUT2D eigenvalue weighted by Gasteiger charge is -2.37. The van der Waals surface area contributed by atoms with Crippen molar-refractivity contribution in [2.24, 2.45) is 5.73 Å². The Balaban J connectivity index is 2.17. The van der Waals surface area contributed by atoms with E-state index in [0.717, 1.165) is 24.1 Å². The van der Waals surface area contributed by atoms with Gasteiger partial charge in [-0.3, -0.25) is 4.98 Å². The summed E-state index contributed by atoms with van der Waals surface area (Å²) in [6, 6.07) is 10.8. The van der Waals surface area contributed by atoms with E-state index in [9.17, 15) is 0 Å². The van der Waals surface area contributed by atoms with Crippen molar-refractivity contribution in [1.82, 2.24) is 4.98 Å². The number of thiocarbonyl (C=S) groups is 1. The highest BCUT2D eigenvalue weighted by atomic mass is 32.1. The fourth-order valence-electron chi connectivity index (χ4n) is 2.84. The summed E-state index contributed by atoms with van der Waals surface area (Å²) in [6.07, 6.45) is 5.81. The molecular weight excluding hydrogens is 266 g/mol. The van der Waals surface area contributed by atoms with Crippen molar-refractivity contribution in [3.63, 3.8) is 0 Å². The van der Waals surface area contributed by atoms with Crippen molar-refractivity contribution < 1.29 is 0 Å². The predicted molar refractivity (Wildman–Crippen MR) is 86.5 cm³/mol. The van der Waals surface area contributed by atoms with Crippen LogP contribution < -0.4 is 10.6 Å². The lowest BCUT2D eigenvalue weighted by Crippen LogP contribution is -2.34. The Hall–Kier alpha value is -1.94. The summed E-state index contributed by atoms with van der Waals surface area (Å²) in [5.41, 5.74) is 10.3. The van der Waals surface area contributed by atoms with E-state index in [1.165, 1.54) is 11.3 Å². The van der Waals surface area contributed by atoms with Crippen LogP contribution in [0.25, 0.3) is 0 Å². The number of aromatic nitrogens is 1. The van der Waals surface area contributed by atoms with Gasteiger partial charge in [0.15, 0.2) is 0 Å². The van der Waals surface area contributed by atoms with Crippen molar-refractivity contribution in [3.05, 3.63) is 53.9 Å². The Bertz CT molecular complexity index is 654. The lowest BCUT2D eigenvalue weighted by atomic mass is 9.95. The zero-order valence-corrected chi connectivity index (χ0v) is 12.2. The minimum absolute atomic E-state index is 0.405. The van der Waals surface area contributed by atoms with Gasteiger partial charge in [-0.2, -0.15) is 0 Å². The van der Waals surface area contributed by atoms with Crippen LogP contribution in [0.3, 0.4) is 0 Å². The molecule has 1 aliphatic rings. The number of para-hydroxylation sites is 1. The van der Waals surface area contributed by atoms with Gasteiger partial charge in [0.05, 0.1) is 11.9 Å². The van der Waals surface area contributed by atoms with Crippen LogP contribution in [0.4, 0.5) is 11.4 Å². The highest BCUT2D eigenvalue weighted by molar-refractivity contribution is 7.80. The third-order valence-electron chi connectivity index (χ3n) is 3.85. The van der Waals surface area contributed by atoms with Gasteiger partial charge in [0, 0.05) is 23.5 Å². The van der Waals surface area contributed by atoms with Crippen LogP contribution in [-0.2, 0) is 6.42 Å². The van der Waals surface area contributed by atoms with E-state index in [-0.39, 0.29) is 0 Å². The minimum atomic E-state index is 0.405. The Labute approximate surface area is 124 Å². The summed E-state index contributed by atoms with van der Waals surface area (Å²) < 4.78 is 0. The molecule has 2 N–H and O–H groups in total. The molecule has 1 aromatic heterocycles. The first kappa shape index (κ1) is 13.1. The van der Waals surface area contributed by atoms with Crippen molar-refractivity contribution in [1.29, 1.82) is 0 Å². The Morgan fingerprint density at radius 2 is 2.10 bits per heavy atom. The van der Waals surface area contributed by atoms with Crippen molar-refractivity contribution >= 4 is 28.6 Å². The summed E-state index contributed by atoms with van der Waals surface area (Å²) in [6.45, 7) is 2.23. The third-order valence-corrected chi connectivity index (χ3v) is 4.07. The van der Waals surface area contributed by atoms with Gasteiger partial charge in [-0.05, 0) is 37.5 Å². The molecule has 102 valence electrons. The summed E-state index contributed by atoms with van der Waals surface area (Å²) >= 11 is 5.18. The van der Waals surface area contributed by atoms with Crippen LogP contribution in [0.2, 0.25) is 0 Å². The SMILES string of the molecule is CC1CCc2ccccc2N1c1cnccc1C(N)=S. The second-order valence-electron chi connectivity index (χ2n) is 5.14. The molecule has 0 saturated carbocycles. The van der Waals surface area contributed by atoms with Crippen LogP contribution in [0, 0.1) is 0 Å². The summed E-state index contributed by atoms with van der Waals surface area (Å²) in [4.78, 5) is 6.97. The van der Waals surface area contributed by atoms with Crippen molar-refractivity contribution in [2.45, 2.75) is 25.8 Å². The molecule has 1 atom stereocenters. The molecule has 0 fully saturated rings. The molecule has 1 aliphatic heterocycles. The molecule has 2 aromatic rings. The average Bonchev–Trinajstić information content (AvgIpc) is 2.47. The molecule has 4 heteroatoms. The topological polar surface area (TPSA) is 42.2 Å². The van der Waals surface area contributed by atoms with Crippen LogP contribution in [0.15, 0.2) is 42.7 Å². The number of nitrogens with two attached hydrogens (primary N) is 1. The Morgan fingerprint density at radius 3 is 2.90 bits per heavy atom. The zero-order chi connectivity index (χ0) is 14.1. The quantitative estimate of drug-likeness (QED) is 0.860. The highest BCUT2D eigenvalue weighted by Crippen LogP contribution is 2.37. The first-order chi connectivity index (χ1) is 9.68. The van der Waals surface area contributed by atoms with Crippen LogP contribution in [-0.4, -0.2) is 16.0 Å². The van der Waals surface area contributed by atoms with E-state index < -0.39 is 0 Å². The van der Waals surface area contributed by atoms with Crippen molar-refractivity contribution in [2.75, 3.05) is 4.90 Å². The molecule has 3 nitrogen and oxygen atoms in total. The van der Waals surface area contributed by atoms with E-state index in [1.54, 1.807) is 6.20 Å². The minimum Gasteiger partial charge on any atom is -0.389 e. The number of anilines is 2. The fraction of sp³-hybridized carbons (Fsp3) is 0.250. The molecule has 0 radical (unpaired) electrons.